The highest BCUT2D eigenvalue weighted by molar-refractivity contribution is 6.15. The second-order valence-corrected chi connectivity index (χ2v) is 8.97. The molecule has 0 saturated carbocycles. The van der Waals surface area contributed by atoms with Crippen LogP contribution in [-0.2, 0) is 0 Å². The third-order valence-corrected chi connectivity index (χ3v) is 7.07. The minimum absolute atomic E-state index is 0.0356. The van der Waals surface area contributed by atoms with Crippen molar-refractivity contribution in [1.29, 1.82) is 0 Å². The summed E-state index contributed by atoms with van der Waals surface area (Å²) in [5, 5.41) is 7.60. The third kappa shape index (κ3) is 3.00. The van der Waals surface area contributed by atoms with E-state index in [0.717, 1.165) is 32.8 Å². The molecular weight excluding hydrogens is 426 g/mol. The van der Waals surface area contributed by atoms with Crippen LogP contribution in [0.25, 0.3) is 65.5 Å². The van der Waals surface area contributed by atoms with Gasteiger partial charge in [-0.3, -0.25) is 4.79 Å². The average molecular weight is 448 g/mol. The topological polar surface area (TPSA) is 32.9 Å². The fraction of sp³-hybridized carbons (Fsp3) is 0. The molecule has 2 heteroatoms. The average Bonchev–Trinajstić information content (AvgIpc) is 2.92. The molecule has 0 aliphatic carbocycles. The predicted octanol–water partition coefficient (Wildman–Crippen LogP) is 8.32. The second kappa shape index (κ2) is 7.68. The van der Waals surface area contributed by atoms with E-state index in [1.54, 1.807) is 6.07 Å². The van der Waals surface area contributed by atoms with Crippen LogP contribution in [0.3, 0.4) is 0 Å². The smallest absolute Gasteiger partial charge is 0.188 e. The van der Waals surface area contributed by atoms with Gasteiger partial charge >= 0.3 is 0 Å². The van der Waals surface area contributed by atoms with Gasteiger partial charge in [0, 0.05) is 6.20 Å². The van der Waals surface area contributed by atoms with Crippen LogP contribution in [0.2, 0.25) is 0 Å². The molecule has 6 aromatic carbocycles. The highest BCUT2D eigenvalue weighted by Crippen LogP contribution is 2.40. The standard InChI is InChI=1S/C33H21NO/c35-31-19-18-29(30-15-14-22-9-6-20-34-33(22)32(30)31)28-17-16-27(25-11-3-4-12-26(25)28)24-13-5-8-21-7-1-2-10-23(21)24/h1-20,34H. The molecule has 1 N–H and O–H groups in total. The van der Waals surface area contributed by atoms with Crippen LogP contribution < -0.4 is 5.43 Å². The van der Waals surface area contributed by atoms with Crippen LogP contribution in [0.1, 0.15) is 0 Å². The van der Waals surface area contributed by atoms with Crippen LogP contribution in [0.15, 0.2) is 126 Å². The second-order valence-electron chi connectivity index (χ2n) is 8.97. The zero-order valence-corrected chi connectivity index (χ0v) is 19.0. The number of pyridine rings is 1. The molecule has 0 fully saturated rings. The van der Waals surface area contributed by atoms with Crippen molar-refractivity contribution < 1.29 is 0 Å². The Balaban J connectivity index is 1.55. The number of benzene rings is 6. The van der Waals surface area contributed by atoms with Crippen LogP contribution in [0, 0.1) is 0 Å². The fourth-order valence-corrected chi connectivity index (χ4v) is 5.47. The van der Waals surface area contributed by atoms with Gasteiger partial charge in [0.05, 0.1) is 10.9 Å². The Hall–Kier alpha value is -4.69. The molecule has 0 amide bonds. The zero-order valence-electron chi connectivity index (χ0n) is 19.0. The van der Waals surface area contributed by atoms with Crippen molar-refractivity contribution in [3.8, 4) is 22.3 Å². The predicted molar refractivity (Wildman–Crippen MR) is 148 cm³/mol. The van der Waals surface area contributed by atoms with Crippen molar-refractivity contribution in [3.63, 3.8) is 0 Å². The molecule has 0 aliphatic heterocycles. The van der Waals surface area contributed by atoms with Gasteiger partial charge in [-0.2, -0.15) is 0 Å². The van der Waals surface area contributed by atoms with Gasteiger partial charge in [0.15, 0.2) is 5.43 Å². The van der Waals surface area contributed by atoms with Gasteiger partial charge < -0.3 is 4.98 Å². The molecule has 0 radical (unpaired) electrons. The summed E-state index contributed by atoms with van der Waals surface area (Å²) in [6.45, 7) is 0. The summed E-state index contributed by atoms with van der Waals surface area (Å²) < 4.78 is 0. The minimum atomic E-state index is 0.0356. The van der Waals surface area contributed by atoms with Gasteiger partial charge in [-0.05, 0) is 72.8 Å². The van der Waals surface area contributed by atoms with E-state index >= 15 is 0 Å². The van der Waals surface area contributed by atoms with Crippen LogP contribution in [0.5, 0.6) is 0 Å². The summed E-state index contributed by atoms with van der Waals surface area (Å²) in [5.74, 6) is 0. The monoisotopic (exact) mass is 447 g/mol. The normalized spacial score (nSPS) is 11.5. The maximum Gasteiger partial charge on any atom is 0.188 e. The summed E-state index contributed by atoms with van der Waals surface area (Å²) in [4.78, 5) is 16.3. The maximum absolute atomic E-state index is 13.0. The Bertz CT molecular complexity index is 1970. The molecule has 2 nitrogen and oxygen atoms in total. The molecule has 0 bridgehead atoms. The summed E-state index contributed by atoms with van der Waals surface area (Å²) >= 11 is 0. The Morgan fingerprint density at radius 3 is 1.83 bits per heavy atom. The Labute approximate surface area is 202 Å². The minimum Gasteiger partial charge on any atom is -0.361 e. The molecule has 0 saturated heterocycles. The SMILES string of the molecule is O=c1ccc(-c2ccc(-c3cccc4ccccc34)c3ccccc23)c2ccc3ccc[nH]c3c12. The largest absolute Gasteiger partial charge is 0.361 e. The van der Waals surface area contributed by atoms with E-state index in [9.17, 15) is 4.79 Å². The van der Waals surface area contributed by atoms with Crippen LogP contribution in [0.4, 0.5) is 0 Å². The molecule has 35 heavy (non-hydrogen) atoms. The van der Waals surface area contributed by atoms with Gasteiger partial charge in [0.1, 0.15) is 0 Å². The molecule has 0 aliphatic rings. The Morgan fingerprint density at radius 2 is 1.03 bits per heavy atom. The van der Waals surface area contributed by atoms with Crippen molar-refractivity contribution in [1.82, 2.24) is 4.98 Å². The summed E-state index contributed by atoms with van der Waals surface area (Å²) in [5.41, 5.74) is 5.56. The van der Waals surface area contributed by atoms with E-state index in [2.05, 4.69) is 96.0 Å². The first-order valence-electron chi connectivity index (χ1n) is 11.8. The molecule has 0 atom stereocenters. The lowest BCUT2D eigenvalue weighted by atomic mass is 9.88. The molecule has 1 heterocycles. The Kier molecular flexibility index (Phi) is 4.33. The van der Waals surface area contributed by atoms with Gasteiger partial charge in [0.25, 0.3) is 0 Å². The van der Waals surface area contributed by atoms with Crippen LogP contribution in [-0.4, -0.2) is 4.98 Å². The van der Waals surface area contributed by atoms with E-state index < -0.39 is 0 Å². The number of rotatable bonds is 2. The molecule has 7 rings (SSSR count). The van der Waals surface area contributed by atoms with Crippen molar-refractivity contribution in [2.45, 2.75) is 0 Å². The van der Waals surface area contributed by atoms with E-state index in [-0.39, 0.29) is 5.43 Å². The van der Waals surface area contributed by atoms with Crippen LogP contribution >= 0.6 is 0 Å². The molecule has 7 aromatic rings. The summed E-state index contributed by atoms with van der Waals surface area (Å²) in [6, 6.07) is 39.9. The first-order chi connectivity index (χ1) is 17.3. The van der Waals surface area contributed by atoms with E-state index in [1.165, 1.54) is 32.7 Å². The van der Waals surface area contributed by atoms with Crippen molar-refractivity contribution in [3.05, 3.63) is 132 Å². The van der Waals surface area contributed by atoms with Gasteiger partial charge in [-0.1, -0.05) is 97.1 Å². The molecule has 0 unspecified atom stereocenters. The lowest BCUT2D eigenvalue weighted by Gasteiger charge is -2.15. The lowest BCUT2D eigenvalue weighted by Crippen LogP contribution is -2.02. The summed E-state index contributed by atoms with van der Waals surface area (Å²) in [7, 11) is 0. The van der Waals surface area contributed by atoms with E-state index in [0.29, 0.717) is 0 Å². The molecule has 0 spiro atoms. The number of aromatic nitrogens is 1. The quantitative estimate of drug-likeness (QED) is 0.266. The maximum atomic E-state index is 13.0. The highest BCUT2D eigenvalue weighted by atomic mass is 16.1. The lowest BCUT2D eigenvalue weighted by molar-refractivity contribution is 1.42. The fourth-order valence-electron chi connectivity index (χ4n) is 5.47. The third-order valence-electron chi connectivity index (χ3n) is 7.07. The van der Waals surface area contributed by atoms with Gasteiger partial charge in [-0.25, -0.2) is 0 Å². The zero-order chi connectivity index (χ0) is 23.4. The van der Waals surface area contributed by atoms with Crippen molar-refractivity contribution in [2.75, 3.05) is 0 Å². The molecule has 164 valence electrons. The number of hydrogen-bond acceptors (Lipinski definition) is 1. The molecular formula is C33H21NO. The molecule has 1 aromatic heterocycles. The van der Waals surface area contributed by atoms with Crippen molar-refractivity contribution >= 4 is 43.2 Å². The van der Waals surface area contributed by atoms with Crippen molar-refractivity contribution in [2.24, 2.45) is 0 Å². The highest BCUT2D eigenvalue weighted by Gasteiger charge is 2.15. The number of H-pyrrole nitrogens is 1. The van der Waals surface area contributed by atoms with Gasteiger partial charge in [0.2, 0.25) is 0 Å². The van der Waals surface area contributed by atoms with E-state index in [4.69, 9.17) is 0 Å². The first-order valence-corrected chi connectivity index (χ1v) is 11.8. The first kappa shape index (κ1) is 19.7. The number of nitrogens with one attached hydrogen (secondary N) is 1. The van der Waals surface area contributed by atoms with E-state index in [1.807, 2.05) is 24.4 Å². The van der Waals surface area contributed by atoms with Gasteiger partial charge in [-0.15, -0.1) is 0 Å². The number of aromatic amines is 1. The Morgan fingerprint density at radius 1 is 0.429 bits per heavy atom. The summed E-state index contributed by atoms with van der Waals surface area (Å²) in [6.07, 6.45) is 1.88. The number of fused-ring (bicyclic) bond motifs is 5. The number of hydrogen-bond donors (Lipinski definition) is 1.